The van der Waals surface area contributed by atoms with Gasteiger partial charge >= 0.3 is 5.97 Å². The van der Waals surface area contributed by atoms with E-state index in [9.17, 15) is 13.2 Å². The predicted octanol–water partition coefficient (Wildman–Crippen LogP) is 2.63. The Hall–Kier alpha value is -1.41. The minimum Gasteiger partial charge on any atom is -0.424 e. The van der Waals surface area contributed by atoms with Gasteiger partial charge in [0.25, 0.3) is 10.0 Å². The molecule has 112 valence electrons. The molecule has 0 saturated heterocycles. The van der Waals surface area contributed by atoms with Crippen molar-refractivity contribution in [2.45, 2.75) is 4.21 Å². The fraction of sp³-hybridized carbons (Fsp3) is 0.154. The Morgan fingerprint density at radius 1 is 1.29 bits per heavy atom. The lowest BCUT2D eigenvalue weighted by atomic mass is 10.3. The van der Waals surface area contributed by atoms with Crippen molar-refractivity contribution in [3.8, 4) is 5.75 Å². The van der Waals surface area contributed by atoms with Crippen LogP contribution in [0.25, 0.3) is 0 Å². The van der Waals surface area contributed by atoms with Gasteiger partial charge in [-0.15, -0.1) is 11.3 Å². The maximum Gasteiger partial charge on any atom is 0.326 e. The summed E-state index contributed by atoms with van der Waals surface area (Å²) in [6.45, 7) is -0.397. The number of ether oxygens (including phenoxy) is 1. The van der Waals surface area contributed by atoms with E-state index in [-0.39, 0.29) is 15.0 Å². The van der Waals surface area contributed by atoms with Crippen LogP contribution in [0.15, 0.2) is 46.0 Å². The van der Waals surface area contributed by atoms with Crippen LogP contribution < -0.4 is 4.74 Å². The van der Waals surface area contributed by atoms with Gasteiger partial charge in [0.1, 0.15) is 16.5 Å². The molecule has 2 rings (SSSR count). The summed E-state index contributed by atoms with van der Waals surface area (Å²) in [5.41, 5.74) is 0. The van der Waals surface area contributed by atoms with Gasteiger partial charge in [-0.05, 0) is 23.6 Å². The van der Waals surface area contributed by atoms with Crippen molar-refractivity contribution < 1.29 is 17.9 Å². The van der Waals surface area contributed by atoms with Gasteiger partial charge < -0.3 is 4.74 Å². The number of halogens is 1. The van der Waals surface area contributed by atoms with E-state index < -0.39 is 22.5 Å². The number of rotatable bonds is 5. The van der Waals surface area contributed by atoms with Crippen LogP contribution in [0.3, 0.4) is 0 Å². The highest BCUT2D eigenvalue weighted by Gasteiger charge is 2.24. The summed E-state index contributed by atoms with van der Waals surface area (Å²) in [6.07, 6.45) is 0. The molecule has 0 fully saturated rings. The largest absolute Gasteiger partial charge is 0.424 e. The number of hydrogen-bond acceptors (Lipinski definition) is 5. The summed E-state index contributed by atoms with van der Waals surface area (Å²) >= 11 is 6.96. The fourth-order valence-corrected chi connectivity index (χ4v) is 4.00. The van der Waals surface area contributed by atoms with Gasteiger partial charge in [0, 0.05) is 7.05 Å². The van der Waals surface area contributed by atoms with E-state index in [0.717, 1.165) is 15.6 Å². The smallest absolute Gasteiger partial charge is 0.326 e. The van der Waals surface area contributed by atoms with Gasteiger partial charge in [0.05, 0.1) is 5.02 Å². The minimum absolute atomic E-state index is 0.176. The average molecular weight is 346 g/mol. The van der Waals surface area contributed by atoms with Gasteiger partial charge in [-0.3, -0.25) is 4.79 Å². The second-order valence-electron chi connectivity index (χ2n) is 4.10. The molecule has 0 saturated carbocycles. The van der Waals surface area contributed by atoms with Crippen LogP contribution in [0, 0.1) is 0 Å². The third-order valence-corrected chi connectivity index (χ3v) is 6.06. The number of sulfonamides is 1. The van der Waals surface area contributed by atoms with Gasteiger partial charge in [-0.1, -0.05) is 29.8 Å². The highest BCUT2D eigenvalue weighted by Crippen LogP contribution is 2.24. The van der Waals surface area contributed by atoms with E-state index >= 15 is 0 Å². The molecule has 2 aromatic rings. The molecule has 1 aromatic carbocycles. The zero-order valence-corrected chi connectivity index (χ0v) is 13.4. The summed E-state index contributed by atoms with van der Waals surface area (Å²) in [4.78, 5) is 11.8. The number of para-hydroxylation sites is 1. The lowest BCUT2D eigenvalue weighted by Gasteiger charge is -2.15. The molecular formula is C13H12ClNO4S2. The van der Waals surface area contributed by atoms with Crippen molar-refractivity contribution in [3.05, 3.63) is 46.8 Å². The van der Waals surface area contributed by atoms with E-state index in [1.807, 2.05) is 0 Å². The maximum atomic E-state index is 12.2. The van der Waals surface area contributed by atoms with Crippen molar-refractivity contribution >= 4 is 38.9 Å². The van der Waals surface area contributed by atoms with Gasteiger partial charge in [-0.25, -0.2) is 8.42 Å². The molecule has 1 aromatic heterocycles. The summed E-state index contributed by atoms with van der Waals surface area (Å²) in [5, 5.41) is 1.94. The third kappa shape index (κ3) is 3.82. The zero-order valence-electron chi connectivity index (χ0n) is 11.0. The Bertz CT molecular complexity index is 728. The van der Waals surface area contributed by atoms with Crippen LogP contribution in [0.5, 0.6) is 5.75 Å². The standard InChI is InChI=1S/C13H12ClNO4S2/c1-15(21(17,18)13-7-4-8-20-13)9-12(16)19-11-6-3-2-5-10(11)14/h2-8H,9H2,1H3. The number of nitrogens with zero attached hydrogens (tertiary/aromatic N) is 1. The van der Waals surface area contributed by atoms with E-state index in [1.54, 1.807) is 29.6 Å². The molecular weight excluding hydrogens is 334 g/mol. The summed E-state index contributed by atoms with van der Waals surface area (Å²) in [6, 6.07) is 9.60. The Kier molecular flexibility index (Phi) is 5.00. The second kappa shape index (κ2) is 6.57. The second-order valence-corrected chi connectivity index (χ2v) is 7.72. The molecule has 8 heteroatoms. The molecule has 5 nitrogen and oxygen atoms in total. The van der Waals surface area contributed by atoms with E-state index in [1.165, 1.54) is 19.2 Å². The number of carbonyl (C=O) groups is 1. The van der Waals surface area contributed by atoms with Gasteiger partial charge in [-0.2, -0.15) is 4.31 Å². The summed E-state index contributed by atoms with van der Waals surface area (Å²) in [7, 11) is -2.35. The van der Waals surface area contributed by atoms with E-state index in [2.05, 4.69) is 0 Å². The summed E-state index contributed by atoms with van der Waals surface area (Å²) in [5.74, 6) is -0.503. The normalized spacial score (nSPS) is 11.6. The Morgan fingerprint density at radius 2 is 2.00 bits per heavy atom. The van der Waals surface area contributed by atoms with E-state index in [4.69, 9.17) is 16.3 Å². The lowest BCUT2D eigenvalue weighted by molar-refractivity contribution is -0.134. The molecule has 0 N–H and O–H groups in total. The molecule has 0 aliphatic rings. The Balaban J connectivity index is 2.05. The van der Waals surface area contributed by atoms with Gasteiger partial charge in [0.2, 0.25) is 0 Å². The first kappa shape index (κ1) is 16.0. The van der Waals surface area contributed by atoms with Crippen LogP contribution in [0.2, 0.25) is 5.02 Å². The van der Waals surface area contributed by atoms with Crippen LogP contribution >= 0.6 is 22.9 Å². The predicted molar refractivity (Wildman–Crippen MR) is 81.2 cm³/mol. The van der Waals surface area contributed by atoms with Crippen LogP contribution in [-0.2, 0) is 14.8 Å². The number of likely N-dealkylation sites (N-methyl/N-ethyl adjacent to an activating group) is 1. The highest BCUT2D eigenvalue weighted by atomic mass is 35.5. The number of benzene rings is 1. The van der Waals surface area contributed by atoms with Crippen molar-refractivity contribution in [1.29, 1.82) is 0 Å². The van der Waals surface area contributed by atoms with E-state index in [0.29, 0.717) is 0 Å². The highest BCUT2D eigenvalue weighted by molar-refractivity contribution is 7.91. The third-order valence-electron chi connectivity index (χ3n) is 2.57. The SMILES string of the molecule is CN(CC(=O)Oc1ccccc1Cl)S(=O)(=O)c1cccs1. The van der Waals surface area contributed by atoms with Crippen molar-refractivity contribution in [3.63, 3.8) is 0 Å². The lowest BCUT2D eigenvalue weighted by Crippen LogP contribution is -2.33. The van der Waals surface area contributed by atoms with Crippen LogP contribution in [0.1, 0.15) is 0 Å². The molecule has 21 heavy (non-hydrogen) atoms. The summed E-state index contributed by atoms with van der Waals surface area (Å²) < 4.78 is 30.5. The topological polar surface area (TPSA) is 63.7 Å². The maximum absolute atomic E-state index is 12.2. The average Bonchev–Trinajstić information content (AvgIpc) is 2.96. The van der Waals surface area contributed by atoms with Crippen LogP contribution in [-0.4, -0.2) is 32.3 Å². The molecule has 0 bridgehead atoms. The molecule has 0 atom stereocenters. The molecule has 0 aliphatic carbocycles. The van der Waals surface area contributed by atoms with Crippen molar-refractivity contribution in [2.24, 2.45) is 0 Å². The molecule has 0 unspecified atom stereocenters. The minimum atomic E-state index is -3.68. The Labute approximate surface area is 131 Å². The first-order valence-electron chi connectivity index (χ1n) is 5.86. The van der Waals surface area contributed by atoms with Crippen molar-refractivity contribution in [1.82, 2.24) is 4.31 Å². The first-order valence-corrected chi connectivity index (χ1v) is 8.56. The molecule has 0 spiro atoms. The quantitative estimate of drug-likeness (QED) is 0.617. The fourth-order valence-electron chi connectivity index (χ4n) is 1.51. The number of thiophene rings is 1. The molecule has 0 aliphatic heterocycles. The Morgan fingerprint density at radius 3 is 2.62 bits per heavy atom. The van der Waals surface area contributed by atoms with Gasteiger partial charge in [0.15, 0.2) is 0 Å². The molecule has 1 heterocycles. The molecule has 0 radical (unpaired) electrons. The number of carbonyl (C=O) groups excluding carboxylic acids is 1. The molecule has 0 amide bonds. The first-order chi connectivity index (χ1) is 9.91. The monoisotopic (exact) mass is 345 g/mol. The van der Waals surface area contributed by atoms with Crippen LogP contribution in [0.4, 0.5) is 0 Å². The number of hydrogen-bond donors (Lipinski definition) is 0. The van der Waals surface area contributed by atoms with Crippen molar-refractivity contribution in [2.75, 3.05) is 13.6 Å². The zero-order chi connectivity index (χ0) is 15.5. The number of esters is 1.